The quantitative estimate of drug-likeness (QED) is 0.506. The fourth-order valence-corrected chi connectivity index (χ4v) is 3.86. The first-order valence-electron chi connectivity index (χ1n) is 10.7. The van der Waals surface area contributed by atoms with Crippen molar-refractivity contribution in [2.45, 2.75) is 38.1 Å². The lowest BCUT2D eigenvalue weighted by atomic mass is 10.1. The second-order valence-electron chi connectivity index (χ2n) is 7.86. The summed E-state index contributed by atoms with van der Waals surface area (Å²) in [7, 11) is 0. The molecule has 4 rings (SSSR count). The first kappa shape index (κ1) is 21.7. The fourth-order valence-electron chi connectivity index (χ4n) is 3.86. The SMILES string of the molecule is NN1C[C@H](OCc2ccccc2)[C@@H](OCc2ccccc2)[C@@H]1COCc1ccccc1. The van der Waals surface area contributed by atoms with Gasteiger partial charge in [0.15, 0.2) is 0 Å². The van der Waals surface area contributed by atoms with Crippen LogP contribution in [0.2, 0.25) is 0 Å². The molecule has 5 nitrogen and oxygen atoms in total. The predicted molar refractivity (Wildman–Crippen MR) is 121 cm³/mol. The molecule has 5 heteroatoms. The van der Waals surface area contributed by atoms with Crippen molar-refractivity contribution in [3.63, 3.8) is 0 Å². The molecule has 0 spiro atoms. The summed E-state index contributed by atoms with van der Waals surface area (Å²) < 4.78 is 18.6. The molecule has 31 heavy (non-hydrogen) atoms. The van der Waals surface area contributed by atoms with Crippen LogP contribution in [0, 0.1) is 0 Å². The van der Waals surface area contributed by atoms with Gasteiger partial charge in [-0.3, -0.25) is 5.84 Å². The molecule has 0 unspecified atom stereocenters. The van der Waals surface area contributed by atoms with Gasteiger partial charge in [-0.15, -0.1) is 0 Å². The topological polar surface area (TPSA) is 57.0 Å². The summed E-state index contributed by atoms with van der Waals surface area (Å²) in [6, 6.07) is 30.4. The van der Waals surface area contributed by atoms with E-state index in [4.69, 9.17) is 20.1 Å². The Morgan fingerprint density at radius 1 is 0.677 bits per heavy atom. The number of ether oxygens (including phenoxy) is 3. The summed E-state index contributed by atoms with van der Waals surface area (Å²) in [5, 5.41) is 1.80. The van der Waals surface area contributed by atoms with Crippen molar-refractivity contribution < 1.29 is 14.2 Å². The van der Waals surface area contributed by atoms with Crippen LogP contribution in [0.15, 0.2) is 91.0 Å². The van der Waals surface area contributed by atoms with Crippen molar-refractivity contribution in [3.8, 4) is 0 Å². The molecule has 3 aromatic rings. The van der Waals surface area contributed by atoms with Crippen LogP contribution in [0.4, 0.5) is 0 Å². The van der Waals surface area contributed by atoms with E-state index in [0.29, 0.717) is 33.0 Å². The van der Waals surface area contributed by atoms with Gasteiger partial charge < -0.3 is 14.2 Å². The van der Waals surface area contributed by atoms with Gasteiger partial charge >= 0.3 is 0 Å². The van der Waals surface area contributed by atoms with Crippen molar-refractivity contribution in [2.24, 2.45) is 5.84 Å². The molecule has 162 valence electrons. The average molecular weight is 419 g/mol. The summed E-state index contributed by atoms with van der Waals surface area (Å²) in [6.45, 7) is 2.68. The lowest BCUT2D eigenvalue weighted by Crippen LogP contribution is -2.44. The number of nitrogens with two attached hydrogens (primary N) is 1. The van der Waals surface area contributed by atoms with E-state index in [-0.39, 0.29) is 18.2 Å². The van der Waals surface area contributed by atoms with Gasteiger partial charge in [0.2, 0.25) is 0 Å². The summed E-state index contributed by atoms with van der Waals surface area (Å²) in [4.78, 5) is 0. The standard InChI is InChI=1S/C26H30N2O3/c27-28-16-25(30-18-22-12-6-2-7-13-22)26(31-19-23-14-8-3-9-15-23)24(28)20-29-17-21-10-4-1-5-11-21/h1-15,24-26H,16-20,27H2/t24-,25-,26-/m0/s1. The molecule has 0 amide bonds. The first-order valence-corrected chi connectivity index (χ1v) is 10.7. The van der Waals surface area contributed by atoms with Crippen molar-refractivity contribution in [1.29, 1.82) is 0 Å². The molecule has 0 aromatic heterocycles. The van der Waals surface area contributed by atoms with Gasteiger partial charge in [0.05, 0.1) is 38.6 Å². The maximum atomic E-state index is 6.37. The minimum Gasteiger partial charge on any atom is -0.375 e. The van der Waals surface area contributed by atoms with Crippen molar-refractivity contribution in [2.75, 3.05) is 13.2 Å². The maximum Gasteiger partial charge on any atom is 0.105 e. The Morgan fingerprint density at radius 3 is 1.71 bits per heavy atom. The summed E-state index contributed by atoms with van der Waals surface area (Å²) in [6.07, 6.45) is -0.302. The lowest BCUT2D eigenvalue weighted by Gasteiger charge is -2.26. The highest BCUT2D eigenvalue weighted by Gasteiger charge is 2.42. The third-order valence-electron chi connectivity index (χ3n) is 5.55. The third kappa shape index (κ3) is 6.23. The summed E-state index contributed by atoms with van der Waals surface area (Å²) in [5.74, 6) is 6.37. The van der Waals surface area contributed by atoms with Gasteiger partial charge in [0.1, 0.15) is 6.10 Å². The van der Waals surface area contributed by atoms with Gasteiger partial charge in [-0.1, -0.05) is 91.0 Å². The van der Waals surface area contributed by atoms with E-state index in [1.165, 1.54) is 0 Å². The highest BCUT2D eigenvalue weighted by Crippen LogP contribution is 2.24. The fraction of sp³-hybridized carbons (Fsp3) is 0.308. The molecular formula is C26H30N2O3. The van der Waals surface area contributed by atoms with Crippen LogP contribution in [0.25, 0.3) is 0 Å². The van der Waals surface area contributed by atoms with Crippen molar-refractivity contribution >= 4 is 0 Å². The Bertz CT molecular complexity index is 892. The van der Waals surface area contributed by atoms with Gasteiger partial charge in [0.25, 0.3) is 0 Å². The molecule has 3 aromatic carbocycles. The van der Waals surface area contributed by atoms with Crippen LogP contribution in [0.5, 0.6) is 0 Å². The predicted octanol–water partition coefficient (Wildman–Crippen LogP) is 3.93. The van der Waals surface area contributed by atoms with Crippen LogP contribution in [0.3, 0.4) is 0 Å². The summed E-state index contributed by atoms with van der Waals surface area (Å²) >= 11 is 0. The Morgan fingerprint density at radius 2 is 1.16 bits per heavy atom. The highest BCUT2D eigenvalue weighted by molar-refractivity contribution is 5.15. The van der Waals surface area contributed by atoms with Crippen LogP contribution < -0.4 is 5.84 Å². The minimum absolute atomic E-state index is 0.0757. The molecule has 3 atom stereocenters. The maximum absolute atomic E-state index is 6.37. The van der Waals surface area contributed by atoms with Gasteiger partial charge in [0, 0.05) is 6.54 Å². The molecule has 1 heterocycles. The second-order valence-corrected chi connectivity index (χ2v) is 7.86. The normalized spacial score (nSPS) is 21.4. The van der Waals surface area contributed by atoms with Crippen molar-refractivity contribution in [1.82, 2.24) is 5.01 Å². The number of rotatable bonds is 10. The van der Waals surface area contributed by atoms with Crippen LogP contribution in [-0.2, 0) is 34.0 Å². The minimum atomic E-state index is -0.176. The van der Waals surface area contributed by atoms with E-state index in [9.17, 15) is 0 Å². The molecule has 2 N–H and O–H groups in total. The van der Waals surface area contributed by atoms with Crippen LogP contribution in [0.1, 0.15) is 16.7 Å². The van der Waals surface area contributed by atoms with Gasteiger partial charge in [-0.25, -0.2) is 5.01 Å². The van der Waals surface area contributed by atoms with E-state index < -0.39 is 0 Å². The zero-order valence-corrected chi connectivity index (χ0v) is 17.7. The van der Waals surface area contributed by atoms with Crippen LogP contribution >= 0.6 is 0 Å². The molecule has 1 saturated heterocycles. The smallest absolute Gasteiger partial charge is 0.105 e. The molecule has 0 bridgehead atoms. The Kier molecular flexibility index (Phi) is 7.82. The Hall–Kier alpha value is -2.54. The molecule has 1 fully saturated rings. The molecule has 1 aliphatic heterocycles. The number of nitrogens with zero attached hydrogens (tertiary/aromatic N) is 1. The number of hydrogen-bond donors (Lipinski definition) is 1. The second kappa shape index (κ2) is 11.2. The van der Waals surface area contributed by atoms with E-state index in [2.05, 4.69) is 36.4 Å². The zero-order valence-electron chi connectivity index (χ0n) is 17.7. The van der Waals surface area contributed by atoms with Gasteiger partial charge in [-0.2, -0.15) is 0 Å². The van der Waals surface area contributed by atoms with Crippen molar-refractivity contribution in [3.05, 3.63) is 108 Å². The Labute approximate surface area is 184 Å². The summed E-state index contributed by atoms with van der Waals surface area (Å²) in [5.41, 5.74) is 3.41. The molecule has 0 aliphatic carbocycles. The lowest BCUT2D eigenvalue weighted by molar-refractivity contribution is -0.0817. The van der Waals surface area contributed by atoms with E-state index in [0.717, 1.165) is 16.7 Å². The molecule has 1 aliphatic rings. The monoisotopic (exact) mass is 418 g/mol. The number of hydrazine groups is 1. The molecule has 0 saturated carbocycles. The van der Waals surface area contributed by atoms with E-state index in [1.807, 2.05) is 54.6 Å². The van der Waals surface area contributed by atoms with E-state index in [1.54, 1.807) is 5.01 Å². The number of benzene rings is 3. The average Bonchev–Trinajstić information content (AvgIpc) is 3.12. The molecular weight excluding hydrogens is 388 g/mol. The first-order chi connectivity index (χ1) is 15.3. The zero-order chi connectivity index (χ0) is 21.3. The molecule has 0 radical (unpaired) electrons. The largest absolute Gasteiger partial charge is 0.375 e. The highest BCUT2D eigenvalue weighted by atomic mass is 16.5. The van der Waals surface area contributed by atoms with E-state index >= 15 is 0 Å². The van der Waals surface area contributed by atoms with Gasteiger partial charge in [-0.05, 0) is 16.7 Å². The van der Waals surface area contributed by atoms with Crippen LogP contribution in [-0.4, -0.2) is 36.4 Å². The third-order valence-corrected chi connectivity index (χ3v) is 5.55. The number of hydrogen-bond acceptors (Lipinski definition) is 5. The Balaban J connectivity index is 1.39.